The number of pyridine rings is 1. The number of rotatable bonds is 4. The SMILES string of the molecule is CC=C(O)c1ccc(OCCC(F)(F)F)cn1. The molecular formula is C11H12F3NO2. The fraction of sp³-hybridized carbons (Fsp3) is 0.364. The number of nitrogens with zero attached hydrogens (tertiary/aromatic N) is 1. The standard InChI is InChI=1S/C11H12F3NO2/c1-2-10(16)9-4-3-8(7-15-9)17-6-5-11(12,13)14/h2-4,7,16H,5-6H2,1H3. The lowest BCUT2D eigenvalue weighted by Gasteiger charge is -2.08. The Morgan fingerprint density at radius 1 is 1.47 bits per heavy atom. The van der Waals surface area contributed by atoms with Gasteiger partial charge in [-0.25, -0.2) is 4.98 Å². The Bertz CT molecular complexity index is 385. The van der Waals surface area contributed by atoms with E-state index in [0.717, 1.165) is 0 Å². The molecule has 0 aromatic carbocycles. The number of allylic oxidation sites excluding steroid dienone is 1. The first-order chi connectivity index (χ1) is 7.92. The van der Waals surface area contributed by atoms with Crippen LogP contribution >= 0.6 is 0 Å². The maximum absolute atomic E-state index is 11.8. The average Bonchev–Trinajstić information content (AvgIpc) is 2.27. The number of aliphatic hydroxyl groups is 1. The van der Waals surface area contributed by atoms with E-state index in [2.05, 4.69) is 4.98 Å². The average molecular weight is 247 g/mol. The lowest BCUT2D eigenvalue weighted by atomic mass is 10.3. The lowest BCUT2D eigenvalue weighted by Crippen LogP contribution is -2.13. The van der Waals surface area contributed by atoms with Gasteiger partial charge in [-0.3, -0.25) is 0 Å². The number of halogens is 3. The molecule has 6 heteroatoms. The molecule has 0 bridgehead atoms. The molecule has 0 saturated heterocycles. The molecule has 0 aliphatic carbocycles. The minimum absolute atomic E-state index is 0.00633. The molecule has 17 heavy (non-hydrogen) atoms. The highest BCUT2D eigenvalue weighted by Gasteiger charge is 2.26. The van der Waals surface area contributed by atoms with E-state index in [-0.39, 0.29) is 11.5 Å². The van der Waals surface area contributed by atoms with Crippen molar-refractivity contribution in [2.45, 2.75) is 19.5 Å². The van der Waals surface area contributed by atoms with Gasteiger partial charge >= 0.3 is 6.18 Å². The number of ether oxygens (including phenoxy) is 1. The zero-order valence-electron chi connectivity index (χ0n) is 9.16. The van der Waals surface area contributed by atoms with Gasteiger partial charge in [0.15, 0.2) is 0 Å². The summed E-state index contributed by atoms with van der Waals surface area (Å²) in [6.45, 7) is 1.20. The number of hydrogen-bond donors (Lipinski definition) is 1. The first kappa shape index (κ1) is 13.3. The molecule has 1 N–H and O–H groups in total. The predicted octanol–water partition coefficient (Wildman–Crippen LogP) is 3.33. The second-order valence-corrected chi connectivity index (χ2v) is 3.27. The summed E-state index contributed by atoms with van der Waals surface area (Å²) in [6.07, 6.45) is -2.50. The van der Waals surface area contributed by atoms with E-state index < -0.39 is 19.2 Å². The second kappa shape index (κ2) is 5.56. The third-order valence-electron chi connectivity index (χ3n) is 1.93. The molecule has 0 fully saturated rings. The highest BCUT2D eigenvalue weighted by Crippen LogP contribution is 2.20. The second-order valence-electron chi connectivity index (χ2n) is 3.27. The van der Waals surface area contributed by atoms with Crippen LogP contribution < -0.4 is 4.74 Å². The molecule has 0 atom stereocenters. The highest BCUT2D eigenvalue weighted by molar-refractivity contribution is 5.54. The van der Waals surface area contributed by atoms with Crippen molar-refractivity contribution in [3.05, 3.63) is 30.1 Å². The van der Waals surface area contributed by atoms with Gasteiger partial charge in [0.1, 0.15) is 17.2 Å². The zero-order chi connectivity index (χ0) is 12.9. The molecule has 0 amide bonds. The number of hydrogen-bond acceptors (Lipinski definition) is 3. The Kier molecular flexibility index (Phi) is 4.37. The van der Waals surface area contributed by atoms with Gasteiger partial charge in [0.2, 0.25) is 0 Å². The lowest BCUT2D eigenvalue weighted by molar-refractivity contribution is -0.139. The Morgan fingerprint density at radius 3 is 2.65 bits per heavy atom. The quantitative estimate of drug-likeness (QED) is 0.830. The maximum Gasteiger partial charge on any atom is 0.392 e. The normalized spacial score (nSPS) is 12.6. The molecule has 0 radical (unpaired) electrons. The van der Waals surface area contributed by atoms with Crippen LogP contribution in [0, 0.1) is 0 Å². The van der Waals surface area contributed by atoms with Crippen LogP contribution in [-0.4, -0.2) is 22.9 Å². The van der Waals surface area contributed by atoms with Crippen LogP contribution in [-0.2, 0) is 0 Å². The fourth-order valence-electron chi connectivity index (χ4n) is 1.05. The number of aliphatic hydroxyl groups excluding tert-OH is 1. The number of aromatic nitrogens is 1. The van der Waals surface area contributed by atoms with Crippen LogP contribution in [0.15, 0.2) is 24.4 Å². The van der Waals surface area contributed by atoms with Crippen LogP contribution in [0.2, 0.25) is 0 Å². The molecule has 1 heterocycles. The van der Waals surface area contributed by atoms with Gasteiger partial charge in [-0.05, 0) is 25.1 Å². The fourth-order valence-corrected chi connectivity index (χ4v) is 1.05. The van der Waals surface area contributed by atoms with E-state index in [0.29, 0.717) is 5.69 Å². The summed E-state index contributed by atoms with van der Waals surface area (Å²) in [5, 5.41) is 9.31. The first-order valence-corrected chi connectivity index (χ1v) is 4.93. The number of alkyl halides is 3. The third kappa shape index (κ3) is 4.76. The van der Waals surface area contributed by atoms with Gasteiger partial charge in [0.25, 0.3) is 0 Å². The van der Waals surface area contributed by atoms with E-state index >= 15 is 0 Å². The Morgan fingerprint density at radius 2 is 2.18 bits per heavy atom. The van der Waals surface area contributed by atoms with Crippen molar-refractivity contribution in [3.63, 3.8) is 0 Å². The topological polar surface area (TPSA) is 42.4 Å². The summed E-state index contributed by atoms with van der Waals surface area (Å²) in [5.74, 6) is 0.244. The van der Waals surface area contributed by atoms with E-state index in [1.165, 1.54) is 24.4 Å². The Balaban J connectivity index is 2.52. The summed E-state index contributed by atoms with van der Waals surface area (Å²) in [5.41, 5.74) is 0.343. The third-order valence-corrected chi connectivity index (χ3v) is 1.93. The van der Waals surface area contributed by atoms with E-state index in [4.69, 9.17) is 4.74 Å². The van der Waals surface area contributed by atoms with Crippen LogP contribution in [0.25, 0.3) is 5.76 Å². The molecule has 94 valence electrons. The smallest absolute Gasteiger partial charge is 0.392 e. The van der Waals surface area contributed by atoms with Gasteiger partial charge in [0.05, 0.1) is 19.2 Å². The maximum atomic E-state index is 11.8. The van der Waals surface area contributed by atoms with Crippen molar-refractivity contribution in [3.8, 4) is 5.75 Å². The van der Waals surface area contributed by atoms with E-state index in [1.807, 2.05) is 0 Å². The van der Waals surface area contributed by atoms with Crippen LogP contribution in [0.5, 0.6) is 5.75 Å². The molecule has 3 nitrogen and oxygen atoms in total. The van der Waals surface area contributed by atoms with Gasteiger partial charge in [-0.1, -0.05) is 0 Å². The highest BCUT2D eigenvalue weighted by atomic mass is 19.4. The van der Waals surface area contributed by atoms with E-state index in [9.17, 15) is 18.3 Å². The van der Waals surface area contributed by atoms with Gasteiger partial charge < -0.3 is 9.84 Å². The summed E-state index contributed by atoms with van der Waals surface area (Å²) in [7, 11) is 0. The van der Waals surface area contributed by atoms with Crippen LogP contribution in [0.3, 0.4) is 0 Å². The van der Waals surface area contributed by atoms with E-state index in [1.54, 1.807) is 6.92 Å². The molecular weight excluding hydrogens is 235 g/mol. The minimum atomic E-state index is -4.23. The minimum Gasteiger partial charge on any atom is -0.506 e. The summed E-state index contributed by atoms with van der Waals surface area (Å²) in [6, 6.07) is 2.93. The summed E-state index contributed by atoms with van der Waals surface area (Å²) < 4.78 is 40.4. The van der Waals surface area contributed by atoms with Crippen molar-refractivity contribution in [2.24, 2.45) is 0 Å². The molecule has 1 aromatic rings. The Labute approximate surface area is 96.6 Å². The van der Waals surface area contributed by atoms with Crippen molar-refractivity contribution in [1.29, 1.82) is 0 Å². The molecule has 0 aliphatic heterocycles. The Hall–Kier alpha value is -1.72. The van der Waals surface area contributed by atoms with Gasteiger partial charge in [0, 0.05) is 0 Å². The monoisotopic (exact) mass is 247 g/mol. The van der Waals surface area contributed by atoms with Crippen molar-refractivity contribution in [1.82, 2.24) is 4.98 Å². The van der Waals surface area contributed by atoms with Crippen molar-refractivity contribution < 1.29 is 23.0 Å². The van der Waals surface area contributed by atoms with Crippen molar-refractivity contribution in [2.75, 3.05) is 6.61 Å². The van der Waals surface area contributed by atoms with Crippen LogP contribution in [0.1, 0.15) is 19.0 Å². The first-order valence-electron chi connectivity index (χ1n) is 4.93. The van der Waals surface area contributed by atoms with Crippen molar-refractivity contribution >= 4 is 5.76 Å². The predicted molar refractivity (Wildman–Crippen MR) is 56.7 cm³/mol. The summed E-state index contributed by atoms with van der Waals surface area (Å²) in [4.78, 5) is 3.84. The molecule has 0 spiro atoms. The molecule has 0 unspecified atom stereocenters. The summed E-state index contributed by atoms with van der Waals surface area (Å²) >= 11 is 0. The van der Waals surface area contributed by atoms with Gasteiger partial charge in [-0.15, -0.1) is 0 Å². The molecule has 1 aromatic heterocycles. The van der Waals surface area contributed by atoms with Crippen LogP contribution in [0.4, 0.5) is 13.2 Å². The molecule has 0 aliphatic rings. The molecule has 0 saturated carbocycles. The zero-order valence-corrected chi connectivity index (χ0v) is 9.16. The largest absolute Gasteiger partial charge is 0.506 e. The van der Waals surface area contributed by atoms with Gasteiger partial charge in [-0.2, -0.15) is 13.2 Å². The molecule has 1 rings (SSSR count).